The second-order valence-corrected chi connectivity index (χ2v) is 7.09. The summed E-state index contributed by atoms with van der Waals surface area (Å²) in [6.45, 7) is 0. The summed E-state index contributed by atoms with van der Waals surface area (Å²) in [6, 6.07) is 17.4. The Morgan fingerprint density at radius 3 is 2.63 bits per heavy atom. The number of benzene rings is 3. The highest BCUT2D eigenvalue weighted by Gasteiger charge is 2.14. The number of hydrogen-bond donors (Lipinski definition) is 2. The van der Waals surface area contributed by atoms with Gasteiger partial charge in [0.15, 0.2) is 5.82 Å². The third-order valence-electron chi connectivity index (χ3n) is 4.70. The molecular formula is C21H13ClN6O2. The zero-order valence-electron chi connectivity index (χ0n) is 15.3. The molecule has 30 heavy (non-hydrogen) atoms. The van der Waals surface area contributed by atoms with Gasteiger partial charge < -0.3 is 5.32 Å². The van der Waals surface area contributed by atoms with Gasteiger partial charge in [-0.2, -0.15) is 5.10 Å². The number of nitro groups is 1. The molecule has 0 fully saturated rings. The fourth-order valence-electron chi connectivity index (χ4n) is 3.21. The van der Waals surface area contributed by atoms with Crippen molar-refractivity contribution in [3.05, 3.63) is 82.0 Å². The van der Waals surface area contributed by atoms with Crippen LogP contribution in [-0.2, 0) is 0 Å². The van der Waals surface area contributed by atoms with Crippen molar-refractivity contribution in [2.45, 2.75) is 0 Å². The molecule has 0 spiro atoms. The normalized spacial score (nSPS) is 11.1. The second kappa shape index (κ2) is 7.09. The van der Waals surface area contributed by atoms with Crippen molar-refractivity contribution in [1.82, 2.24) is 20.2 Å². The van der Waals surface area contributed by atoms with Gasteiger partial charge in [-0.25, -0.2) is 9.97 Å². The molecule has 2 aromatic heterocycles. The number of nitro benzene ring substituents is 1. The summed E-state index contributed by atoms with van der Waals surface area (Å²) in [5, 5.41) is 23.6. The number of non-ortho nitro benzene ring substituents is 1. The summed E-state index contributed by atoms with van der Waals surface area (Å²) in [6.07, 6.45) is 1.72. The molecule has 3 aromatic carbocycles. The topological polar surface area (TPSA) is 110 Å². The first-order valence-corrected chi connectivity index (χ1v) is 9.37. The van der Waals surface area contributed by atoms with Crippen LogP contribution in [0.2, 0.25) is 5.02 Å². The average Bonchev–Trinajstić information content (AvgIpc) is 3.21. The van der Waals surface area contributed by atoms with E-state index >= 15 is 0 Å². The molecule has 0 saturated carbocycles. The summed E-state index contributed by atoms with van der Waals surface area (Å²) >= 11 is 5.99. The van der Waals surface area contributed by atoms with E-state index in [4.69, 9.17) is 11.6 Å². The van der Waals surface area contributed by atoms with Gasteiger partial charge in [-0.3, -0.25) is 15.2 Å². The Balaban J connectivity index is 1.68. The maximum Gasteiger partial charge on any atom is 0.270 e. The molecule has 0 aliphatic heterocycles. The number of anilines is 2. The van der Waals surface area contributed by atoms with Crippen molar-refractivity contribution >= 4 is 50.6 Å². The first kappa shape index (κ1) is 18.0. The van der Waals surface area contributed by atoms with E-state index < -0.39 is 4.92 Å². The largest absolute Gasteiger partial charge is 0.340 e. The lowest BCUT2D eigenvalue weighted by molar-refractivity contribution is -0.384. The predicted molar refractivity (Wildman–Crippen MR) is 116 cm³/mol. The highest BCUT2D eigenvalue weighted by molar-refractivity contribution is 6.30. The number of rotatable bonds is 4. The monoisotopic (exact) mass is 416 g/mol. The van der Waals surface area contributed by atoms with Gasteiger partial charge >= 0.3 is 0 Å². The predicted octanol–water partition coefficient (Wildman–Crippen LogP) is 5.48. The average molecular weight is 417 g/mol. The highest BCUT2D eigenvalue weighted by atomic mass is 35.5. The van der Waals surface area contributed by atoms with E-state index in [1.165, 1.54) is 12.1 Å². The number of nitrogens with one attached hydrogen (secondary N) is 2. The van der Waals surface area contributed by atoms with Crippen LogP contribution < -0.4 is 5.32 Å². The Bertz CT molecular complexity index is 1410. The summed E-state index contributed by atoms with van der Waals surface area (Å²) in [7, 11) is 0. The third kappa shape index (κ3) is 3.29. The Morgan fingerprint density at radius 1 is 1.00 bits per heavy atom. The van der Waals surface area contributed by atoms with Gasteiger partial charge in [0, 0.05) is 39.2 Å². The molecule has 0 radical (unpaired) electrons. The van der Waals surface area contributed by atoms with Crippen LogP contribution in [-0.4, -0.2) is 25.1 Å². The molecule has 0 saturated heterocycles. The minimum absolute atomic E-state index is 0.0290. The molecule has 5 aromatic rings. The van der Waals surface area contributed by atoms with E-state index in [0.717, 1.165) is 22.2 Å². The van der Waals surface area contributed by atoms with Gasteiger partial charge in [0.1, 0.15) is 5.82 Å². The zero-order chi connectivity index (χ0) is 20.7. The van der Waals surface area contributed by atoms with Crippen LogP contribution in [0.15, 0.2) is 66.9 Å². The third-order valence-corrected chi connectivity index (χ3v) is 4.95. The number of fused-ring (bicyclic) bond motifs is 2. The maximum atomic E-state index is 11.3. The fourth-order valence-corrected chi connectivity index (χ4v) is 3.34. The van der Waals surface area contributed by atoms with Crippen molar-refractivity contribution in [1.29, 1.82) is 0 Å². The number of aromatic amines is 1. The van der Waals surface area contributed by atoms with Crippen molar-refractivity contribution in [3.8, 4) is 11.4 Å². The van der Waals surface area contributed by atoms with Gasteiger partial charge in [-0.15, -0.1) is 0 Å². The zero-order valence-corrected chi connectivity index (χ0v) is 16.1. The molecule has 2 heterocycles. The van der Waals surface area contributed by atoms with Crippen molar-refractivity contribution < 1.29 is 4.92 Å². The SMILES string of the molecule is O=[N+]([O-])c1ccc2nc(-c3ccc(Cl)cc3)nc(Nc3ccc4[nH]ncc4c3)c2c1. The van der Waals surface area contributed by atoms with Crippen LogP contribution >= 0.6 is 11.6 Å². The van der Waals surface area contributed by atoms with Gasteiger partial charge in [0.2, 0.25) is 0 Å². The molecule has 0 aliphatic rings. The molecule has 0 unspecified atom stereocenters. The standard InChI is InChI=1S/C21H13ClN6O2/c22-14-3-1-12(2-4-14)20-25-19-8-6-16(28(29)30)10-17(19)21(26-20)24-15-5-7-18-13(9-15)11-23-27-18/h1-11H,(H,23,27)(H,24,25,26). The van der Waals surface area contributed by atoms with Gasteiger partial charge in [0.25, 0.3) is 5.69 Å². The number of H-pyrrole nitrogens is 1. The lowest BCUT2D eigenvalue weighted by atomic mass is 10.1. The minimum atomic E-state index is -0.437. The van der Waals surface area contributed by atoms with Crippen LogP contribution in [0.5, 0.6) is 0 Å². The molecule has 2 N–H and O–H groups in total. The minimum Gasteiger partial charge on any atom is -0.340 e. The van der Waals surface area contributed by atoms with Crippen LogP contribution in [0, 0.1) is 10.1 Å². The summed E-state index contributed by atoms with van der Waals surface area (Å²) in [4.78, 5) is 20.1. The maximum absolute atomic E-state index is 11.3. The van der Waals surface area contributed by atoms with E-state index in [0.29, 0.717) is 27.6 Å². The molecule has 9 heteroatoms. The number of hydrogen-bond acceptors (Lipinski definition) is 6. The van der Waals surface area contributed by atoms with E-state index in [-0.39, 0.29) is 5.69 Å². The van der Waals surface area contributed by atoms with E-state index in [1.54, 1.807) is 24.4 Å². The summed E-state index contributed by atoms with van der Waals surface area (Å²) < 4.78 is 0. The lowest BCUT2D eigenvalue weighted by Crippen LogP contribution is -2.00. The molecule has 5 rings (SSSR count). The molecule has 8 nitrogen and oxygen atoms in total. The highest BCUT2D eigenvalue weighted by Crippen LogP contribution is 2.31. The van der Waals surface area contributed by atoms with E-state index in [1.807, 2.05) is 30.3 Å². The Kier molecular flexibility index (Phi) is 4.26. The van der Waals surface area contributed by atoms with Crippen molar-refractivity contribution in [2.75, 3.05) is 5.32 Å². The molecule has 0 bridgehead atoms. The fraction of sp³-hybridized carbons (Fsp3) is 0. The Morgan fingerprint density at radius 2 is 1.83 bits per heavy atom. The molecule has 0 atom stereocenters. The van der Waals surface area contributed by atoms with E-state index in [2.05, 4.69) is 25.5 Å². The van der Waals surface area contributed by atoms with Crippen LogP contribution in [0.3, 0.4) is 0 Å². The molecule has 0 amide bonds. The van der Waals surface area contributed by atoms with Gasteiger partial charge in [-0.1, -0.05) is 11.6 Å². The Hall–Kier alpha value is -4.04. The molecule has 0 aliphatic carbocycles. The Labute approximate surface area is 174 Å². The van der Waals surface area contributed by atoms with Crippen LogP contribution in [0.1, 0.15) is 0 Å². The van der Waals surface area contributed by atoms with Gasteiger partial charge in [0.05, 0.1) is 22.2 Å². The van der Waals surface area contributed by atoms with Crippen LogP contribution in [0.4, 0.5) is 17.2 Å². The first-order valence-electron chi connectivity index (χ1n) is 8.99. The first-order chi connectivity index (χ1) is 14.6. The number of halogens is 1. The molecular weight excluding hydrogens is 404 g/mol. The number of nitrogens with zero attached hydrogens (tertiary/aromatic N) is 4. The summed E-state index contributed by atoms with van der Waals surface area (Å²) in [5.41, 5.74) is 3.03. The van der Waals surface area contributed by atoms with Crippen molar-refractivity contribution in [2.24, 2.45) is 0 Å². The van der Waals surface area contributed by atoms with Crippen molar-refractivity contribution in [3.63, 3.8) is 0 Å². The smallest absolute Gasteiger partial charge is 0.270 e. The van der Waals surface area contributed by atoms with E-state index in [9.17, 15) is 10.1 Å². The van der Waals surface area contributed by atoms with Crippen LogP contribution in [0.25, 0.3) is 33.2 Å². The van der Waals surface area contributed by atoms with Gasteiger partial charge in [-0.05, 0) is 48.5 Å². The quantitative estimate of drug-likeness (QED) is 0.296. The second-order valence-electron chi connectivity index (χ2n) is 6.66. The lowest BCUT2D eigenvalue weighted by Gasteiger charge is -2.11. The molecule has 146 valence electrons. The number of aromatic nitrogens is 4. The summed E-state index contributed by atoms with van der Waals surface area (Å²) in [5.74, 6) is 0.955.